The lowest BCUT2D eigenvalue weighted by atomic mass is 10.0. The van der Waals surface area contributed by atoms with E-state index in [0.717, 1.165) is 29.7 Å². The van der Waals surface area contributed by atoms with Crippen LogP contribution in [-0.2, 0) is 17.6 Å². The Kier molecular flexibility index (Phi) is 6.42. The summed E-state index contributed by atoms with van der Waals surface area (Å²) in [5, 5.41) is 3.03. The Balaban J connectivity index is 1.97. The number of rotatable bonds is 7. The standard InChI is InChI=1S/C21H27NO2/c1-5-17-11-13-19(14-12-17)15(3)22-21(23)16(4)24-20-10-8-7-9-18(20)6-2/h7-16H,5-6H2,1-4H3,(H,22,23)/t15-,16+/m1/s1. The van der Waals surface area contributed by atoms with Gasteiger partial charge >= 0.3 is 0 Å². The van der Waals surface area contributed by atoms with Gasteiger partial charge in [0.15, 0.2) is 6.10 Å². The minimum absolute atomic E-state index is 0.0455. The number of carbonyl (C=O) groups excluding carboxylic acids is 1. The molecule has 3 nitrogen and oxygen atoms in total. The predicted octanol–water partition coefficient (Wildman–Crippen LogP) is 4.46. The number of benzene rings is 2. The summed E-state index contributed by atoms with van der Waals surface area (Å²) in [4.78, 5) is 12.4. The van der Waals surface area contributed by atoms with Gasteiger partial charge in [0, 0.05) is 0 Å². The van der Waals surface area contributed by atoms with Crippen molar-refractivity contribution in [2.75, 3.05) is 0 Å². The van der Waals surface area contributed by atoms with Crippen molar-refractivity contribution in [3.8, 4) is 5.75 Å². The van der Waals surface area contributed by atoms with Gasteiger partial charge in [0.25, 0.3) is 5.91 Å². The van der Waals surface area contributed by atoms with E-state index in [9.17, 15) is 4.79 Å². The first-order valence-electron chi connectivity index (χ1n) is 8.68. The molecule has 1 amide bonds. The Morgan fingerprint density at radius 2 is 1.67 bits per heavy atom. The minimum Gasteiger partial charge on any atom is -0.481 e. The van der Waals surface area contributed by atoms with Crippen LogP contribution in [0.5, 0.6) is 5.75 Å². The highest BCUT2D eigenvalue weighted by Gasteiger charge is 2.18. The molecule has 1 N–H and O–H groups in total. The Bertz CT molecular complexity index is 664. The third kappa shape index (κ3) is 4.60. The number of carbonyl (C=O) groups is 1. The van der Waals surface area contributed by atoms with E-state index in [1.165, 1.54) is 5.56 Å². The van der Waals surface area contributed by atoms with Gasteiger partial charge in [0.05, 0.1) is 6.04 Å². The van der Waals surface area contributed by atoms with Crippen molar-refractivity contribution in [1.82, 2.24) is 5.32 Å². The highest BCUT2D eigenvalue weighted by atomic mass is 16.5. The van der Waals surface area contributed by atoms with Gasteiger partial charge in [-0.25, -0.2) is 0 Å². The molecule has 0 bridgehead atoms. The summed E-state index contributed by atoms with van der Waals surface area (Å²) in [6.07, 6.45) is 1.36. The Hall–Kier alpha value is -2.29. The lowest BCUT2D eigenvalue weighted by Crippen LogP contribution is -2.37. The van der Waals surface area contributed by atoms with Crippen LogP contribution in [-0.4, -0.2) is 12.0 Å². The van der Waals surface area contributed by atoms with E-state index < -0.39 is 6.10 Å². The third-order valence-corrected chi connectivity index (χ3v) is 4.27. The van der Waals surface area contributed by atoms with Crippen LogP contribution in [0.25, 0.3) is 0 Å². The zero-order chi connectivity index (χ0) is 17.5. The molecule has 24 heavy (non-hydrogen) atoms. The number of hydrogen-bond acceptors (Lipinski definition) is 2. The summed E-state index contributed by atoms with van der Waals surface area (Å²) in [7, 11) is 0. The highest BCUT2D eigenvalue weighted by Crippen LogP contribution is 2.20. The average molecular weight is 325 g/mol. The summed E-state index contributed by atoms with van der Waals surface area (Å²) >= 11 is 0. The van der Waals surface area contributed by atoms with Gasteiger partial charge in [-0.1, -0.05) is 56.3 Å². The number of nitrogens with one attached hydrogen (secondary N) is 1. The maximum absolute atomic E-state index is 12.4. The monoisotopic (exact) mass is 325 g/mol. The van der Waals surface area contributed by atoms with Crippen molar-refractivity contribution >= 4 is 5.91 Å². The van der Waals surface area contributed by atoms with Crippen LogP contribution in [0, 0.1) is 0 Å². The topological polar surface area (TPSA) is 38.3 Å². The molecule has 0 aromatic heterocycles. The zero-order valence-electron chi connectivity index (χ0n) is 15.0. The molecule has 128 valence electrons. The van der Waals surface area contributed by atoms with E-state index in [1.54, 1.807) is 6.92 Å². The maximum Gasteiger partial charge on any atom is 0.261 e. The molecule has 2 aromatic rings. The van der Waals surface area contributed by atoms with Crippen LogP contribution in [0.15, 0.2) is 48.5 Å². The van der Waals surface area contributed by atoms with Crippen molar-refractivity contribution in [2.24, 2.45) is 0 Å². The van der Waals surface area contributed by atoms with Crippen LogP contribution in [0.3, 0.4) is 0 Å². The molecule has 0 fully saturated rings. The lowest BCUT2D eigenvalue weighted by molar-refractivity contribution is -0.127. The van der Waals surface area contributed by atoms with Crippen LogP contribution in [0.1, 0.15) is 50.4 Å². The van der Waals surface area contributed by atoms with Crippen molar-refractivity contribution in [2.45, 2.75) is 52.7 Å². The number of ether oxygens (including phenoxy) is 1. The first kappa shape index (κ1) is 18.1. The van der Waals surface area contributed by atoms with Crippen LogP contribution < -0.4 is 10.1 Å². The van der Waals surface area contributed by atoms with Crippen LogP contribution in [0.4, 0.5) is 0 Å². The number of aryl methyl sites for hydroxylation is 2. The molecule has 2 aromatic carbocycles. The molecule has 0 heterocycles. The first-order chi connectivity index (χ1) is 11.5. The van der Waals surface area contributed by atoms with E-state index in [1.807, 2.05) is 31.2 Å². The zero-order valence-corrected chi connectivity index (χ0v) is 15.0. The Morgan fingerprint density at radius 3 is 2.29 bits per heavy atom. The SMILES string of the molecule is CCc1ccc([C@@H](C)NC(=O)[C@H](C)Oc2ccccc2CC)cc1. The molecule has 0 aliphatic carbocycles. The van der Waals surface area contributed by atoms with E-state index >= 15 is 0 Å². The molecule has 0 saturated heterocycles. The molecule has 2 atom stereocenters. The van der Waals surface area contributed by atoms with Gasteiger partial charge in [-0.2, -0.15) is 0 Å². The minimum atomic E-state index is -0.532. The van der Waals surface area contributed by atoms with Crippen LogP contribution >= 0.6 is 0 Å². The normalized spacial score (nSPS) is 13.2. The molecule has 2 rings (SSSR count). The average Bonchev–Trinajstić information content (AvgIpc) is 2.62. The van der Waals surface area contributed by atoms with Crippen molar-refractivity contribution in [3.63, 3.8) is 0 Å². The molecule has 0 aliphatic heterocycles. The van der Waals surface area contributed by atoms with Gasteiger partial charge in [-0.05, 0) is 49.4 Å². The Labute approximate surface area is 145 Å². The van der Waals surface area contributed by atoms with Crippen molar-refractivity contribution in [1.29, 1.82) is 0 Å². The molecule has 3 heteroatoms. The predicted molar refractivity (Wildman–Crippen MR) is 98.3 cm³/mol. The quantitative estimate of drug-likeness (QED) is 0.816. The van der Waals surface area contributed by atoms with E-state index in [-0.39, 0.29) is 11.9 Å². The molecule has 0 radical (unpaired) electrons. The highest BCUT2D eigenvalue weighted by molar-refractivity contribution is 5.81. The van der Waals surface area contributed by atoms with Gasteiger partial charge in [-0.3, -0.25) is 4.79 Å². The van der Waals surface area contributed by atoms with E-state index in [0.29, 0.717) is 0 Å². The molecule has 0 spiro atoms. The summed E-state index contributed by atoms with van der Waals surface area (Å²) < 4.78 is 5.86. The number of para-hydroxylation sites is 1. The lowest BCUT2D eigenvalue weighted by Gasteiger charge is -2.20. The number of hydrogen-bond donors (Lipinski definition) is 1. The first-order valence-corrected chi connectivity index (χ1v) is 8.68. The summed E-state index contributed by atoms with van der Waals surface area (Å²) in [5.41, 5.74) is 3.51. The van der Waals surface area contributed by atoms with Crippen molar-refractivity contribution in [3.05, 3.63) is 65.2 Å². The molecule has 0 saturated carbocycles. The van der Waals surface area contributed by atoms with Gasteiger partial charge in [0.2, 0.25) is 0 Å². The number of amides is 1. The third-order valence-electron chi connectivity index (χ3n) is 4.27. The molecular formula is C21H27NO2. The molecular weight excluding hydrogens is 298 g/mol. The second-order valence-electron chi connectivity index (χ2n) is 6.05. The fraction of sp³-hybridized carbons (Fsp3) is 0.381. The van der Waals surface area contributed by atoms with Gasteiger partial charge in [0.1, 0.15) is 5.75 Å². The Morgan fingerprint density at radius 1 is 1.00 bits per heavy atom. The fourth-order valence-corrected chi connectivity index (χ4v) is 2.61. The maximum atomic E-state index is 12.4. The largest absolute Gasteiger partial charge is 0.481 e. The second kappa shape index (κ2) is 8.53. The van der Waals surface area contributed by atoms with E-state index in [2.05, 4.69) is 43.4 Å². The smallest absolute Gasteiger partial charge is 0.261 e. The van der Waals surface area contributed by atoms with Crippen molar-refractivity contribution < 1.29 is 9.53 Å². The van der Waals surface area contributed by atoms with Gasteiger partial charge in [-0.15, -0.1) is 0 Å². The summed E-state index contributed by atoms with van der Waals surface area (Å²) in [6, 6.07) is 16.2. The molecule has 0 aliphatic rings. The summed E-state index contributed by atoms with van der Waals surface area (Å²) in [5.74, 6) is 0.676. The molecule has 0 unspecified atom stereocenters. The summed E-state index contributed by atoms with van der Waals surface area (Å²) in [6.45, 7) is 7.99. The van der Waals surface area contributed by atoms with Gasteiger partial charge < -0.3 is 10.1 Å². The van der Waals surface area contributed by atoms with E-state index in [4.69, 9.17) is 4.74 Å². The second-order valence-corrected chi connectivity index (χ2v) is 6.05. The fourth-order valence-electron chi connectivity index (χ4n) is 2.61. The van der Waals surface area contributed by atoms with Crippen LogP contribution in [0.2, 0.25) is 0 Å².